The molecule has 0 amide bonds. The van der Waals surface area contributed by atoms with Gasteiger partial charge in [0.2, 0.25) is 0 Å². The van der Waals surface area contributed by atoms with E-state index in [1.165, 1.54) is 12.1 Å². The van der Waals surface area contributed by atoms with E-state index in [9.17, 15) is 9.18 Å². The Morgan fingerprint density at radius 1 is 1.29 bits per heavy atom. The zero-order chi connectivity index (χ0) is 12.3. The Kier molecular flexibility index (Phi) is 3.61. The highest BCUT2D eigenvalue weighted by molar-refractivity contribution is 5.97. The van der Waals surface area contributed by atoms with Crippen molar-refractivity contribution in [3.8, 4) is 11.5 Å². The van der Waals surface area contributed by atoms with Gasteiger partial charge < -0.3 is 9.47 Å². The van der Waals surface area contributed by atoms with Crippen LogP contribution in [0.1, 0.15) is 36.5 Å². The molecule has 1 aliphatic rings. The van der Waals surface area contributed by atoms with Gasteiger partial charge in [0.05, 0.1) is 5.56 Å². The van der Waals surface area contributed by atoms with E-state index in [1.54, 1.807) is 0 Å². The van der Waals surface area contributed by atoms with Crippen molar-refractivity contribution in [2.75, 3.05) is 13.2 Å². The molecule has 0 unspecified atom stereocenters. The lowest BCUT2D eigenvalue weighted by Crippen LogP contribution is -2.16. The van der Waals surface area contributed by atoms with E-state index >= 15 is 0 Å². The molecule has 0 atom stereocenters. The predicted molar refractivity (Wildman–Crippen MR) is 61.2 cm³/mol. The van der Waals surface area contributed by atoms with Crippen LogP contribution in [0.25, 0.3) is 0 Å². The second-order valence-electron chi connectivity index (χ2n) is 4.00. The fraction of sp³-hybridized carbons (Fsp3) is 0.462. The zero-order valence-corrected chi connectivity index (χ0v) is 9.79. The lowest BCUT2D eigenvalue weighted by Gasteiger charge is -2.19. The largest absolute Gasteiger partial charge is 0.486 e. The van der Waals surface area contributed by atoms with Crippen molar-refractivity contribution in [1.29, 1.82) is 0 Å². The fourth-order valence-corrected chi connectivity index (χ4v) is 1.75. The number of unbranched alkanes of at least 4 members (excludes halogenated alkanes) is 1. The van der Waals surface area contributed by atoms with Gasteiger partial charge in [-0.2, -0.15) is 0 Å². The van der Waals surface area contributed by atoms with Crippen LogP contribution in [-0.4, -0.2) is 19.0 Å². The molecule has 2 rings (SSSR count). The maximum atomic E-state index is 13.7. The van der Waals surface area contributed by atoms with Crippen molar-refractivity contribution in [3.63, 3.8) is 0 Å². The summed E-state index contributed by atoms with van der Waals surface area (Å²) in [4.78, 5) is 11.8. The Hall–Kier alpha value is -1.58. The van der Waals surface area contributed by atoms with E-state index < -0.39 is 5.82 Å². The van der Waals surface area contributed by atoms with Crippen LogP contribution in [-0.2, 0) is 0 Å². The fourth-order valence-electron chi connectivity index (χ4n) is 1.75. The van der Waals surface area contributed by atoms with Crippen LogP contribution in [0.15, 0.2) is 12.1 Å². The lowest BCUT2D eigenvalue weighted by atomic mass is 10.0. The summed E-state index contributed by atoms with van der Waals surface area (Å²) in [6.07, 6.45) is 2.05. The van der Waals surface area contributed by atoms with E-state index in [0.29, 0.717) is 31.1 Å². The molecule has 0 aliphatic carbocycles. The minimum Gasteiger partial charge on any atom is -0.486 e. The minimum atomic E-state index is -0.532. The summed E-state index contributed by atoms with van der Waals surface area (Å²) in [5, 5.41) is 0. The van der Waals surface area contributed by atoms with E-state index in [2.05, 4.69) is 0 Å². The third-order valence-corrected chi connectivity index (χ3v) is 2.69. The number of Topliss-reactive ketones (excluding diaryl/α,β-unsaturated/α-hetero) is 1. The van der Waals surface area contributed by atoms with Gasteiger partial charge in [0.15, 0.2) is 17.3 Å². The summed E-state index contributed by atoms with van der Waals surface area (Å²) in [5.74, 6) is 0.120. The molecule has 1 aliphatic heterocycles. The predicted octanol–water partition coefficient (Wildman–Crippen LogP) is 2.97. The molecule has 0 aromatic heterocycles. The summed E-state index contributed by atoms with van der Waals surface area (Å²) in [7, 11) is 0. The number of halogens is 1. The van der Waals surface area contributed by atoms with Gasteiger partial charge in [-0.25, -0.2) is 4.39 Å². The second kappa shape index (κ2) is 5.17. The average Bonchev–Trinajstić information content (AvgIpc) is 2.35. The maximum Gasteiger partial charge on any atom is 0.165 e. The normalized spacial score (nSPS) is 13.5. The number of carbonyl (C=O) groups is 1. The molecule has 1 aromatic rings. The molecule has 1 aromatic carbocycles. The highest BCUT2D eigenvalue weighted by atomic mass is 19.1. The summed E-state index contributed by atoms with van der Waals surface area (Å²) < 4.78 is 24.3. The van der Waals surface area contributed by atoms with Crippen molar-refractivity contribution in [2.24, 2.45) is 0 Å². The molecule has 0 radical (unpaired) electrons. The molecule has 0 bridgehead atoms. The van der Waals surface area contributed by atoms with Gasteiger partial charge in [-0.3, -0.25) is 4.79 Å². The van der Waals surface area contributed by atoms with Gasteiger partial charge in [-0.1, -0.05) is 13.3 Å². The maximum absolute atomic E-state index is 13.7. The Morgan fingerprint density at radius 3 is 2.59 bits per heavy atom. The summed E-state index contributed by atoms with van der Waals surface area (Å²) in [6, 6.07) is 2.68. The van der Waals surface area contributed by atoms with E-state index in [0.717, 1.165) is 12.8 Å². The molecule has 4 heteroatoms. The molecule has 1 heterocycles. The smallest absolute Gasteiger partial charge is 0.165 e. The number of carbonyl (C=O) groups excluding carboxylic acids is 1. The Balaban J connectivity index is 2.25. The van der Waals surface area contributed by atoms with Crippen LogP contribution in [0.3, 0.4) is 0 Å². The number of ether oxygens (including phenoxy) is 2. The SMILES string of the molecule is CCCCC(=O)c1cc2c(cc1F)OCCO2. The number of ketones is 1. The molecule has 3 nitrogen and oxygen atoms in total. The average molecular weight is 238 g/mol. The zero-order valence-electron chi connectivity index (χ0n) is 9.79. The Bertz CT molecular complexity index is 429. The molecule has 0 spiro atoms. The van der Waals surface area contributed by atoms with Crippen LogP contribution in [0.4, 0.5) is 4.39 Å². The number of benzene rings is 1. The van der Waals surface area contributed by atoms with Crippen LogP contribution < -0.4 is 9.47 Å². The Morgan fingerprint density at radius 2 is 1.94 bits per heavy atom. The number of fused-ring (bicyclic) bond motifs is 1. The monoisotopic (exact) mass is 238 g/mol. The van der Waals surface area contributed by atoms with Crippen molar-refractivity contribution in [1.82, 2.24) is 0 Å². The molecular formula is C13H15FO3. The van der Waals surface area contributed by atoms with Gasteiger partial charge in [0.1, 0.15) is 19.0 Å². The van der Waals surface area contributed by atoms with Crippen LogP contribution in [0.2, 0.25) is 0 Å². The third-order valence-electron chi connectivity index (χ3n) is 2.69. The summed E-state index contributed by atoms with van der Waals surface area (Å²) in [6.45, 7) is 2.84. The standard InChI is InChI=1S/C13H15FO3/c1-2-3-4-11(15)9-7-12-13(8-10(9)14)17-6-5-16-12/h7-8H,2-6H2,1H3. The second-order valence-corrected chi connectivity index (χ2v) is 4.00. The highest BCUT2D eigenvalue weighted by Gasteiger charge is 2.19. The number of hydrogen-bond acceptors (Lipinski definition) is 3. The van der Waals surface area contributed by atoms with E-state index in [1.807, 2.05) is 6.92 Å². The molecule has 92 valence electrons. The molecule has 0 N–H and O–H groups in total. The summed E-state index contributed by atoms with van der Waals surface area (Å²) in [5.41, 5.74) is 0.0997. The van der Waals surface area contributed by atoms with Crippen LogP contribution in [0, 0.1) is 5.82 Å². The number of rotatable bonds is 4. The minimum absolute atomic E-state index is 0.0997. The van der Waals surface area contributed by atoms with Crippen LogP contribution >= 0.6 is 0 Å². The first-order chi connectivity index (χ1) is 8.22. The van der Waals surface area contributed by atoms with Crippen molar-refractivity contribution >= 4 is 5.78 Å². The lowest BCUT2D eigenvalue weighted by molar-refractivity contribution is 0.0974. The Labute approximate surface area is 99.5 Å². The van der Waals surface area contributed by atoms with Crippen molar-refractivity contribution < 1.29 is 18.7 Å². The van der Waals surface area contributed by atoms with Gasteiger partial charge in [0, 0.05) is 12.5 Å². The topological polar surface area (TPSA) is 35.5 Å². The highest BCUT2D eigenvalue weighted by Crippen LogP contribution is 2.33. The van der Waals surface area contributed by atoms with E-state index in [4.69, 9.17) is 9.47 Å². The van der Waals surface area contributed by atoms with Crippen molar-refractivity contribution in [3.05, 3.63) is 23.5 Å². The van der Waals surface area contributed by atoms with Gasteiger partial charge in [0.25, 0.3) is 0 Å². The molecular weight excluding hydrogens is 223 g/mol. The van der Waals surface area contributed by atoms with Gasteiger partial charge >= 0.3 is 0 Å². The first-order valence-electron chi connectivity index (χ1n) is 5.84. The van der Waals surface area contributed by atoms with Crippen molar-refractivity contribution in [2.45, 2.75) is 26.2 Å². The van der Waals surface area contributed by atoms with Gasteiger partial charge in [-0.05, 0) is 12.5 Å². The third kappa shape index (κ3) is 2.57. The first kappa shape index (κ1) is 11.9. The van der Waals surface area contributed by atoms with Gasteiger partial charge in [-0.15, -0.1) is 0 Å². The van der Waals surface area contributed by atoms with Crippen LogP contribution in [0.5, 0.6) is 11.5 Å². The quantitative estimate of drug-likeness (QED) is 0.756. The molecule has 0 saturated carbocycles. The number of hydrogen-bond donors (Lipinski definition) is 0. The summed E-state index contributed by atoms with van der Waals surface area (Å²) >= 11 is 0. The molecule has 0 saturated heterocycles. The molecule has 0 fully saturated rings. The van der Waals surface area contributed by atoms with E-state index in [-0.39, 0.29) is 11.3 Å². The molecule has 17 heavy (non-hydrogen) atoms. The first-order valence-corrected chi connectivity index (χ1v) is 5.84.